The normalized spacial score (nSPS) is 12.0. The second-order valence-electron chi connectivity index (χ2n) is 4.35. The minimum Gasteiger partial charge on any atom is -0.495 e. The third kappa shape index (κ3) is 4.57. The predicted octanol–water partition coefficient (Wildman–Crippen LogP) is 3.20. The van der Waals surface area contributed by atoms with Gasteiger partial charge in [0.1, 0.15) is 5.75 Å². The number of hydrogen-bond acceptors (Lipinski definition) is 2. The second-order valence-corrected chi connectivity index (χ2v) is 4.75. The van der Waals surface area contributed by atoms with Gasteiger partial charge in [-0.3, -0.25) is 4.79 Å². The number of methoxy groups -OCH3 is 1. The van der Waals surface area contributed by atoms with E-state index in [2.05, 4.69) is 5.32 Å². The Hall–Kier alpha value is -1.22. The summed E-state index contributed by atoms with van der Waals surface area (Å²) in [7, 11) is 1.58. The summed E-state index contributed by atoms with van der Waals surface area (Å²) in [5.74, 6) is 0.737. The number of ether oxygens (including phenoxy) is 1. The van der Waals surface area contributed by atoms with Gasteiger partial charge in [0.25, 0.3) is 0 Å². The molecule has 1 N–H and O–H groups in total. The number of nitrogens with one attached hydrogen (secondary N) is 1. The molecule has 1 rings (SSSR count). The van der Waals surface area contributed by atoms with Crippen LogP contribution in [0.25, 0.3) is 0 Å². The van der Waals surface area contributed by atoms with E-state index in [9.17, 15) is 4.79 Å². The largest absolute Gasteiger partial charge is 0.495 e. The average molecular weight is 270 g/mol. The fourth-order valence-electron chi connectivity index (χ4n) is 1.57. The average Bonchev–Trinajstić information content (AvgIpc) is 2.36. The van der Waals surface area contributed by atoms with Crippen LogP contribution in [0.1, 0.15) is 32.3 Å². The molecule has 0 aliphatic rings. The van der Waals surface area contributed by atoms with Crippen LogP contribution in [0.4, 0.5) is 0 Å². The van der Waals surface area contributed by atoms with Crippen LogP contribution in [0.3, 0.4) is 0 Å². The van der Waals surface area contributed by atoms with Gasteiger partial charge in [-0.2, -0.15) is 0 Å². The molecule has 1 unspecified atom stereocenters. The molecule has 18 heavy (non-hydrogen) atoms. The third-order valence-corrected chi connectivity index (χ3v) is 3.17. The van der Waals surface area contributed by atoms with E-state index < -0.39 is 0 Å². The Bertz CT molecular complexity index is 407. The molecule has 0 spiro atoms. The van der Waals surface area contributed by atoms with Gasteiger partial charge in [-0.15, -0.1) is 0 Å². The zero-order chi connectivity index (χ0) is 13.5. The Morgan fingerprint density at radius 1 is 1.50 bits per heavy atom. The van der Waals surface area contributed by atoms with Gasteiger partial charge >= 0.3 is 0 Å². The first-order chi connectivity index (χ1) is 8.56. The van der Waals surface area contributed by atoms with E-state index in [-0.39, 0.29) is 11.9 Å². The van der Waals surface area contributed by atoms with Crippen LogP contribution in [0.5, 0.6) is 5.75 Å². The summed E-state index contributed by atoms with van der Waals surface area (Å²) < 4.78 is 5.08. The molecule has 1 amide bonds. The van der Waals surface area contributed by atoms with Crippen LogP contribution in [-0.4, -0.2) is 19.1 Å². The summed E-state index contributed by atoms with van der Waals surface area (Å²) in [5, 5.41) is 3.52. The molecule has 1 aromatic rings. The number of halogens is 1. The van der Waals surface area contributed by atoms with Crippen molar-refractivity contribution in [2.75, 3.05) is 7.11 Å². The van der Waals surface area contributed by atoms with Crippen molar-refractivity contribution in [3.05, 3.63) is 28.8 Å². The van der Waals surface area contributed by atoms with Crippen LogP contribution < -0.4 is 10.1 Å². The standard InChI is InChI=1S/C14H20ClNO2/c1-4-10(2)16-14(17)8-6-11-5-7-13(18-3)12(15)9-11/h5,7,9-10H,4,6,8H2,1-3H3,(H,16,17). The molecule has 0 radical (unpaired) electrons. The molecule has 0 aromatic heterocycles. The van der Waals surface area contributed by atoms with Gasteiger partial charge in [0.2, 0.25) is 5.91 Å². The van der Waals surface area contributed by atoms with Crippen molar-refractivity contribution < 1.29 is 9.53 Å². The highest BCUT2D eigenvalue weighted by Gasteiger charge is 2.07. The summed E-state index contributed by atoms with van der Waals surface area (Å²) in [6.07, 6.45) is 2.11. The van der Waals surface area contributed by atoms with E-state index >= 15 is 0 Å². The van der Waals surface area contributed by atoms with Crippen molar-refractivity contribution >= 4 is 17.5 Å². The summed E-state index contributed by atoms with van der Waals surface area (Å²) >= 11 is 6.03. The van der Waals surface area contributed by atoms with E-state index in [1.165, 1.54) is 0 Å². The number of aryl methyl sites for hydroxylation is 1. The molecular formula is C14H20ClNO2. The Kier molecular flexibility index (Phi) is 5.99. The maximum Gasteiger partial charge on any atom is 0.220 e. The molecule has 0 aliphatic carbocycles. The van der Waals surface area contributed by atoms with Crippen molar-refractivity contribution in [2.24, 2.45) is 0 Å². The quantitative estimate of drug-likeness (QED) is 0.861. The first-order valence-electron chi connectivity index (χ1n) is 6.18. The SMILES string of the molecule is CCC(C)NC(=O)CCc1ccc(OC)c(Cl)c1. The Balaban J connectivity index is 2.48. The third-order valence-electron chi connectivity index (χ3n) is 2.88. The van der Waals surface area contributed by atoms with Crippen molar-refractivity contribution in [3.8, 4) is 5.75 Å². The molecule has 100 valence electrons. The molecule has 0 saturated carbocycles. The summed E-state index contributed by atoms with van der Waals surface area (Å²) in [6, 6.07) is 5.83. The molecule has 0 bridgehead atoms. The molecule has 1 atom stereocenters. The predicted molar refractivity (Wildman–Crippen MR) is 74.2 cm³/mol. The lowest BCUT2D eigenvalue weighted by atomic mass is 10.1. The van der Waals surface area contributed by atoms with Crippen LogP contribution in [-0.2, 0) is 11.2 Å². The minimum absolute atomic E-state index is 0.0799. The van der Waals surface area contributed by atoms with E-state index in [1.807, 2.05) is 32.0 Å². The molecule has 4 heteroatoms. The van der Waals surface area contributed by atoms with Crippen LogP contribution in [0, 0.1) is 0 Å². The molecule has 0 heterocycles. The Labute approximate surface area is 113 Å². The van der Waals surface area contributed by atoms with Crippen LogP contribution in [0.15, 0.2) is 18.2 Å². The van der Waals surface area contributed by atoms with Crippen molar-refractivity contribution in [2.45, 2.75) is 39.2 Å². The number of benzene rings is 1. The number of rotatable bonds is 6. The van der Waals surface area contributed by atoms with E-state index in [1.54, 1.807) is 7.11 Å². The first kappa shape index (κ1) is 14.8. The summed E-state index contributed by atoms with van der Waals surface area (Å²) in [4.78, 5) is 11.6. The van der Waals surface area contributed by atoms with Gasteiger partial charge in [-0.25, -0.2) is 0 Å². The fraction of sp³-hybridized carbons (Fsp3) is 0.500. The van der Waals surface area contributed by atoms with Gasteiger partial charge in [0.05, 0.1) is 12.1 Å². The van der Waals surface area contributed by atoms with Crippen molar-refractivity contribution in [1.82, 2.24) is 5.32 Å². The topological polar surface area (TPSA) is 38.3 Å². The molecule has 0 fully saturated rings. The maximum atomic E-state index is 11.6. The number of amides is 1. The smallest absolute Gasteiger partial charge is 0.220 e. The Morgan fingerprint density at radius 2 is 2.22 bits per heavy atom. The van der Waals surface area contributed by atoms with Gasteiger partial charge < -0.3 is 10.1 Å². The van der Waals surface area contributed by atoms with Crippen molar-refractivity contribution in [1.29, 1.82) is 0 Å². The summed E-state index contributed by atoms with van der Waals surface area (Å²) in [6.45, 7) is 4.05. The maximum absolute atomic E-state index is 11.6. The van der Waals surface area contributed by atoms with Crippen molar-refractivity contribution in [3.63, 3.8) is 0 Å². The number of hydrogen-bond donors (Lipinski definition) is 1. The fourth-order valence-corrected chi connectivity index (χ4v) is 1.85. The zero-order valence-electron chi connectivity index (χ0n) is 11.1. The molecule has 0 aliphatic heterocycles. The van der Waals surface area contributed by atoms with E-state index in [4.69, 9.17) is 16.3 Å². The monoisotopic (exact) mass is 269 g/mol. The lowest BCUT2D eigenvalue weighted by Crippen LogP contribution is -2.31. The molecular weight excluding hydrogens is 250 g/mol. The van der Waals surface area contributed by atoms with Crippen LogP contribution >= 0.6 is 11.6 Å². The van der Waals surface area contributed by atoms with Crippen LogP contribution in [0.2, 0.25) is 5.02 Å². The molecule has 0 saturated heterocycles. The lowest BCUT2D eigenvalue weighted by Gasteiger charge is -2.11. The molecule has 3 nitrogen and oxygen atoms in total. The highest BCUT2D eigenvalue weighted by atomic mass is 35.5. The van der Waals surface area contributed by atoms with Gasteiger partial charge in [0, 0.05) is 12.5 Å². The number of carbonyl (C=O) groups is 1. The number of carbonyl (C=O) groups excluding carboxylic acids is 1. The van der Waals surface area contributed by atoms with E-state index in [0.29, 0.717) is 23.6 Å². The first-order valence-corrected chi connectivity index (χ1v) is 6.56. The zero-order valence-corrected chi connectivity index (χ0v) is 11.9. The van der Waals surface area contributed by atoms with Gasteiger partial charge in [-0.1, -0.05) is 24.6 Å². The lowest BCUT2D eigenvalue weighted by molar-refractivity contribution is -0.121. The van der Waals surface area contributed by atoms with E-state index in [0.717, 1.165) is 12.0 Å². The van der Waals surface area contributed by atoms with Gasteiger partial charge in [-0.05, 0) is 37.5 Å². The minimum atomic E-state index is 0.0799. The molecule has 1 aromatic carbocycles. The highest BCUT2D eigenvalue weighted by Crippen LogP contribution is 2.25. The summed E-state index contributed by atoms with van der Waals surface area (Å²) in [5.41, 5.74) is 1.04. The second kappa shape index (κ2) is 7.27. The Morgan fingerprint density at radius 3 is 2.78 bits per heavy atom. The highest BCUT2D eigenvalue weighted by molar-refractivity contribution is 6.32. The van der Waals surface area contributed by atoms with Gasteiger partial charge in [0.15, 0.2) is 0 Å².